The Hall–Kier alpha value is -3.30. The average Bonchev–Trinajstić information content (AvgIpc) is 2.88. The molecular formula is C13H13N5O5. The number of hydrogen-bond acceptors (Lipinski definition) is 7. The van der Waals surface area contributed by atoms with Gasteiger partial charge in [0, 0.05) is 19.4 Å². The highest BCUT2D eigenvalue weighted by molar-refractivity contribution is 6.10. The minimum Gasteiger partial charge on any atom is -0.476 e. The van der Waals surface area contributed by atoms with Crippen molar-refractivity contribution < 1.29 is 24.2 Å². The van der Waals surface area contributed by atoms with Crippen molar-refractivity contribution in [2.45, 2.75) is 6.92 Å². The van der Waals surface area contributed by atoms with Gasteiger partial charge in [-0.15, -0.1) is 0 Å². The summed E-state index contributed by atoms with van der Waals surface area (Å²) in [5.74, 6) is -2.81. The van der Waals surface area contributed by atoms with Gasteiger partial charge in [-0.25, -0.2) is 19.6 Å². The normalized spacial score (nSPS) is 10.2. The monoisotopic (exact) mass is 319 g/mol. The molecule has 0 aliphatic rings. The maximum absolute atomic E-state index is 12.3. The molecule has 2 aromatic heterocycles. The van der Waals surface area contributed by atoms with E-state index in [2.05, 4.69) is 20.4 Å². The van der Waals surface area contributed by atoms with Gasteiger partial charge < -0.3 is 15.2 Å². The zero-order valence-corrected chi connectivity index (χ0v) is 12.3. The Morgan fingerprint density at radius 3 is 2.52 bits per heavy atom. The second-order valence-electron chi connectivity index (χ2n) is 4.26. The Morgan fingerprint density at radius 2 is 1.91 bits per heavy atom. The summed E-state index contributed by atoms with van der Waals surface area (Å²) in [7, 11) is 1.51. The summed E-state index contributed by atoms with van der Waals surface area (Å²) < 4.78 is 6.12. The summed E-state index contributed by atoms with van der Waals surface area (Å²) in [5.41, 5.74) is -0.829. The Labute approximate surface area is 130 Å². The lowest BCUT2D eigenvalue weighted by Crippen LogP contribution is -2.22. The lowest BCUT2D eigenvalue weighted by molar-refractivity contribution is 0.0527. The molecule has 0 spiro atoms. The van der Waals surface area contributed by atoms with E-state index in [1.54, 1.807) is 6.92 Å². The van der Waals surface area contributed by atoms with Crippen molar-refractivity contribution in [3.63, 3.8) is 0 Å². The van der Waals surface area contributed by atoms with E-state index in [0.717, 1.165) is 6.20 Å². The molecule has 0 aliphatic heterocycles. The van der Waals surface area contributed by atoms with E-state index in [4.69, 9.17) is 9.84 Å². The molecular weight excluding hydrogens is 306 g/mol. The molecule has 23 heavy (non-hydrogen) atoms. The number of carboxylic acids is 1. The summed E-state index contributed by atoms with van der Waals surface area (Å²) >= 11 is 0. The Morgan fingerprint density at radius 1 is 1.26 bits per heavy atom. The smallest absolute Gasteiger partial charge is 0.356 e. The molecule has 2 rings (SSSR count). The molecule has 2 aromatic rings. The molecule has 0 atom stereocenters. The van der Waals surface area contributed by atoms with Crippen molar-refractivity contribution in [1.82, 2.24) is 19.7 Å². The van der Waals surface area contributed by atoms with Crippen LogP contribution in [0.1, 0.15) is 38.3 Å². The lowest BCUT2D eigenvalue weighted by Gasteiger charge is -2.08. The van der Waals surface area contributed by atoms with Gasteiger partial charge in [0.15, 0.2) is 11.4 Å². The van der Waals surface area contributed by atoms with Gasteiger partial charge in [-0.05, 0) is 6.92 Å². The largest absolute Gasteiger partial charge is 0.476 e. The van der Waals surface area contributed by atoms with E-state index >= 15 is 0 Å². The predicted octanol–water partition coefficient (Wildman–Crippen LogP) is 0.337. The highest BCUT2D eigenvalue weighted by Gasteiger charge is 2.24. The standard InChI is InChI=1S/C13H13N5O5/c1-3-23-13(22)7-6-16-18(2)10(7)17-11(19)8-9(12(20)21)15-5-4-14-8/h4-6H,3H2,1-2H3,(H,17,19)(H,20,21). The van der Waals surface area contributed by atoms with E-state index in [1.165, 1.54) is 24.1 Å². The molecule has 0 aromatic carbocycles. The van der Waals surface area contributed by atoms with Crippen LogP contribution in [0.15, 0.2) is 18.6 Å². The average molecular weight is 319 g/mol. The van der Waals surface area contributed by atoms with Gasteiger partial charge in [-0.3, -0.25) is 9.48 Å². The van der Waals surface area contributed by atoms with Crippen LogP contribution < -0.4 is 5.32 Å². The number of amides is 1. The molecule has 120 valence electrons. The van der Waals surface area contributed by atoms with Crippen molar-refractivity contribution in [2.75, 3.05) is 11.9 Å². The third kappa shape index (κ3) is 3.31. The summed E-state index contributed by atoms with van der Waals surface area (Å²) in [6.07, 6.45) is 3.59. The maximum atomic E-state index is 12.3. The van der Waals surface area contributed by atoms with E-state index in [1.807, 2.05) is 0 Å². The number of anilines is 1. The van der Waals surface area contributed by atoms with E-state index < -0.39 is 23.5 Å². The number of esters is 1. The van der Waals surface area contributed by atoms with Crippen molar-refractivity contribution >= 4 is 23.7 Å². The number of aromatic carboxylic acids is 1. The van der Waals surface area contributed by atoms with Gasteiger partial charge in [0.1, 0.15) is 11.4 Å². The molecule has 1 amide bonds. The van der Waals surface area contributed by atoms with Crippen LogP contribution in [0.5, 0.6) is 0 Å². The minimum atomic E-state index is -1.39. The van der Waals surface area contributed by atoms with E-state index in [-0.39, 0.29) is 23.7 Å². The summed E-state index contributed by atoms with van der Waals surface area (Å²) in [4.78, 5) is 42.5. The van der Waals surface area contributed by atoms with E-state index in [9.17, 15) is 14.4 Å². The molecule has 0 aliphatic carbocycles. The SMILES string of the molecule is CCOC(=O)c1cnn(C)c1NC(=O)c1nccnc1C(=O)O. The molecule has 0 radical (unpaired) electrons. The van der Waals surface area contributed by atoms with Gasteiger partial charge in [-0.2, -0.15) is 5.10 Å². The van der Waals surface area contributed by atoms with Crippen molar-refractivity contribution in [2.24, 2.45) is 7.05 Å². The van der Waals surface area contributed by atoms with Gasteiger partial charge in [0.25, 0.3) is 5.91 Å². The Bertz CT molecular complexity index is 770. The Kier molecular flexibility index (Phi) is 4.64. The molecule has 2 heterocycles. The second-order valence-corrected chi connectivity index (χ2v) is 4.26. The molecule has 0 bridgehead atoms. The predicted molar refractivity (Wildman–Crippen MR) is 76.1 cm³/mol. The van der Waals surface area contributed by atoms with Gasteiger partial charge in [0.05, 0.1) is 12.8 Å². The molecule has 0 fully saturated rings. The van der Waals surface area contributed by atoms with Crippen molar-refractivity contribution in [3.05, 3.63) is 35.5 Å². The van der Waals surface area contributed by atoms with Crippen LogP contribution in [0, 0.1) is 0 Å². The fraction of sp³-hybridized carbons (Fsp3) is 0.231. The van der Waals surface area contributed by atoms with Crippen LogP contribution in [-0.4, -0.2) is 49.3 Å². The summed E-state index contributed by atoms with van der Waals surface area (Å²) in [6, 6.07) is 0. The third-order valence-electron chi connectivity index (χ3n) is 2.78. The van der Waals surface area contributed by atoms with Crippen LogP contribution in [0.25, 0.3) is 0 Å². The Balaban J connectivity index is 2.33. The fourth-order valence-corrected chi connectivity index (χ4v) is 1.77. The number of hydrogen-bond donors (Lipinski definition) is 2. The second kappa shape index (κ2) is 6.64. The molecule has 2 N–H and O–H groups in total. The van der Waals surface area contributed by atoms with Gasteiger partial charge >= 0.3 is 11.9 Å². The first-order valence-corrected chi connectivity index (χ1v) is 6.50. The summed E-state index contributed by atoms with van der Waals surface area (Å²) in [5, 5.41) is 15.3. The van der Waals surface area contributed by atoms with Crippen LogP contribution in [0.2, 0.25) is 0 Å². The van der Waals surface area contributed by atoms with Gasteiger partial charge in [0.2, 0.25) is 0 Å². The molecule has 10 heteroatoms. The quantitative estimate of drug-likeness (QED) is 0.753. The third-order valence-corrected chi connectivity index (χ3v) is 2.78. The van der Waals surface area contributed by atoms with Gasteiger partial charge in [-0.1, -0.05) is 0 Å². The number of aryl methyl sites for hydroxylation is 1. The zero-order valence-electron chi connectivity index (χ0n) is 12.3. The van der Waals surface area contributed by atoms with Crippen molar-refractivity contribution in [1.29, 1.82) is 0 Å². The number of carbonyl (C=O) groups excluding carboxylic acids is 2. The van der Waals surface area contributed by atoms with Crippen LogP contribution in [0.4, 0.5) is 5.82 Å². The molecule has 0 saturated carbocycles. The number of rotatable bonds is 5. The topological polar surface area (TPSA) is 136 Å². The molecule has 0 saturated heterocycles. The number of aromatic nitrogens is 4. The van der Waals surface area contributed by atoms with Crippen LogP contribution in [0.3, 0.4) is 0 Å². The zero-order chi connectivity index (χ0) is 17.0. The maximum Gasteiger partial charge on any atom is 0.356 e. The van der Waals surface area contributed by atoms with E-state index in [0.29, 0.717) is 0 Å². The fourth-order valence-electron chi connectivity index (χ4n) is 1.77. The van der Waals surface area contributed by atoms with Crippen LogP contribution >= 0.6 is 0 Å². The minimum absolute atomic E-state index is 0.0449. The number of ether oxygens (including phenoxy) is 1. The van der Waals surface area contributed by atoms with Crippen LogP contribution in [-0.2, 0) is 11.8 Å². The number of carbonyl (C=O) groups is 3. The number of nitrogens with zero attached hydrogens (tertiary/aromatic N) is 4. The summed E-state index contributed by atoms with van der Waals surface area (Å²) in [6.45, 7) is 1.81. The number of nitrogens with one attached hydrogen (secondary N) is 1. The number of carboxylic acid groups (broad SMARTS) is 1. The highest BCUT2D eigenvalue weighted by atomic mass is 16.5. The van der Waals surface area contributed by atoms with Crippen molar-refractivity contribution in [3.8, 4) is 0 Å². The molecule has 0 unspecified atom stereocenters. The molecule has 10 nitrogen and oxygen atoms in total. The lowest BCUT2D eigenvalue weighted by atomic mass is 10.2. The first-order valence-electron chi connectivity index (χ1n) is 6.50. The first-order chi connectivity index (χ1) is 11.0. The first kappa shape index (κ1) is 16.1. The highest BCUT2D eigenvalue weighted by Crippen LogP contribution is 2.16.